The lowest BCUT2D eigenvalue weighted by Gasteiger charge is -2.24. The molecule has 3 unspecified atom stereocenters. The van der Waals surface area contributed by atoms with E-state index in [-0.39, 0.29) is 24.9 Å². The summed E-state index contributed by atoms with van der Waals surface area (Å²) in [5.41, 5.74) is 0. The van der Waals surface area contributed by atoms with Crippen LogP contribution in [0.15, 0.2) is 36.5 Å². The zero-order chi connectivity index (χ0) is 45.2. The van der Waals surface area contributed by atoms with E-state index in [1.165, 1.54) is 167 Å². The van der Waals surface area contributed by atoms with Crippen molar-refractivity contribution in [1.29, 1.82) is 0 Å². The van der Waals surface area contributed by atoms with Gasteiger partial charge in [0.25, 0.3) is 0 Å². The Labute approximate surface area is 385 Å². The molecule has 0 aromatic heterocycles. The number of aliphatic hydroxyl groups excluding tert-OH is 2. The molecule has 0 bridgehead atoms. The van der Waals surface area contributed by atoms with E-state index in [9.17, 15) is 19.8 Å². The van der Waals surface area contributed by atoms with Crippen LogP contribution in [0.3, 0.4) is 0 Å². The monoisotopic (exact) mass is 872 g/mol. The van der Waals surface area contributed by atoms with E-state index >= 15 is 0 Å². The summed E-state index contributed by atoms with van der Waals surface area (Å²) in [5.74, 6) is -0.484. The van der Waals surface area contributed by atoms with Crippen LogP contribution in [0.1, 0.15) is 284 Å². The van der Waals surface area contributed by atoms with Crippen LogP contribution in [-0.2, 0) is 14.3 Å². The van der Waals surface area contributed by atoms with Crippen molar-refractivity contribution in [2.75, 3.05) is 6.61 Å². The van der Waals surface area contributed by atoms with Crippen molar-refractivity contribution in [3.63, 3.8) is 0 Å². The van der Waals surface area contributed by atoms with Gasteiger partial charge in [-0.05, 0) is 44.9 Å². The van der Waals surface area contributed by atoms with Gasteiger partial charge >= 0.3 is 5.97 Å². The number of hydrogen-bond donors (Lipinski definition) is 3. The van der Waals surface area contributed by atoms with Crippen LogP contribution in [-0.4, -0.2) is 46.9 Å². The summed E-state index contributed by atoms with van der Waals surface area (Å²) in [6.07, 6.45) is 59.2. The van der Waals surface area contributed by atoms with Gasteiger partial charge in [-0.2, -0.15) is 0 Å². The number of esters is 1. The first kappa shape index (κ1) is 60.1. The maximum absolute atomic E-state index is 13.2. The number of ether oxygens (including phenoxy) is 1. The summed E-state index contributed by atoms with van der Waals surface area (Å²) in [5, 5.41) is 23.8. The third-order valence-corrected chi connectivity index (χ3v) is 12.5. The summed E-state index contributed by atoms with van der Waals surface area (Å²) in [6, 6.07) is -0.703. The Bertz CT molecular complexity index is 1020. The van der Waals surface area contributed by atoms with Gasteiger partial charge < -0.3 is 20.3 Å². The lowest BCUT2D eigenvalue weighted by Crippen LogP contribution is -2.46. The summed E-state index contributed by atoms with van der Waals surface area (Å²) in [7, 11) is 0. The molecule has 0 aromatic rings. The Hall–Kier alpha value is -1.92. The Morgan fingerprint density at radius 3 is 1.31 bits per heavy atom. The fourth-order valence-corrected chi connectivity index (χ4v) is 8.43. The molecule has 0 aromatic carbocycles. The number of amides is 1. The van der Waals surface area contributed by atoms with E-state index in [1.54, 1.807) is 0 Å². The Balaban J connectivity index is 4.50. The molecule has 3 N–H and O–H groups in total. The third-order valence-electron chi connectivity index (χ3n) is 12.5. The van der Waals surface area contributed by atoms with Gasteiger partial charge in [-0.3, -0.25) is 9.59 Å². The first-order valence-electron chi connectivity index (χ1n) is 27.2. The van der Waals surface area contributed by atoms with E-state index in [1.807, 2.05) is 0 Å². The SMILES string of the molecule is CC/C=C/C=C/C=C\CCCCCCCC(=O)OC(CCCCCCCCCCCCCCC)CC(=O)NC(CO)C(O)CCCCCCCCCCCCCCCCCCC. The number of carbonyl (C=O) groups is 2. The van der Waals surface area contributed by atoms with Crippen LogP contribution < -0.4 is 5.32 Å². The molecule has 62 heavy (non-hydrogen) atoms. The molecule has 3 atom stereocenters. The molecule has 0 radical (unpaired) electrons. The molecule has 0 saturated heterocycles. The molecule has 0 aliphatic heterocycles. The number of hydrogen-bond acceptors (Lipinski definition) is 5. The smallest absolute Gasteiger partial charge is 0.306 e. The summed E-state index contributed by atoms with van der Waals surface area (Å²) < 4.78 is 5.93. The van der Waals surface area contributed by atoms with Gasteiger partial charge in [0.1, 0.15) is 6.10 Å². The Kier molecular flexibility index (Phi) is 48.5. The minimum Gasteiger partial charge on any atom is -0.462 e. The van der Waals surface area contributed by atoms with Crippen LogP contribution in [0.2, 0.25) is 0 Å². The highest BCUT2D eigenvalue weighted by Gasteiger charge is 2.24. The Morgan fingerprint density at radius 2 is 0.871 bits per heavy atom. The number of carbonyl (C=O) groups excluding carboxylic acids is 2. The van der Waals surface area contributed by atoms with Gasteiger partial charge in [-0.1, -0.05) is 263 Å². The summed E-state index contributed by atoms with van der Waals surface area (Å²) in [4.78, 5) is 26.2. The predicted molar refractivity (Wildman–Crippen MR) is 269 cm³/mol. The normalized spacial score (nSPS) is 13.4. The summed E-state index contributed by atoms with van der Waals surface area (Å²) in [6.45, 7) is 6.37. The second kappa shape index (κ2) is 50.1. The second-order valence-corrected chi connectivity index (χ2v) is 18.7. The van der Waals surface area contributed by atoms with Crippen molar-refractivity contribution >= 4 is 11.9 Å². The van der Waals surface area contributed by atoms with E-state index in [0.29, 0.717) is 19.3 Å². The molecule has 1 amide bonds. The van der Waals surface area contributed by atoms with Crippen LogP contribution in [0.4, 0.5) is 0 Å². The molecule has 0 heterocycles. The maximum atomic E-state index is 13.2. The van der Waals surface area contributed by atoms with Crippen LogP contribution in [0.5, 0.6) is 0 Å². The average Bonchev–Trinajstić information content (AvgIpc) is 3.26. The van der Waals surface area contributed by atoms with E-state index < -0.39 is 18.2 Å². The van der Waals surface area contributed by atoms with Crippen LogP contribution in [0, 0.1) is 0 Å². The second-order valence-electron chi connectivity index (χ2n) is 18.7. The minimum atomic E-state index is -0.789. The van der Waals surface area contributed by atoms with E-state index in [2.05, 4.69) is 62.5 Å². The molecule has 0 aliphatic carbocycles. The predicted octanol–water partition coefficient (Wildman–Crippen LogP) is 16.5. The standard InChI is InChI=1S/C56H105NO5/c1-4-7-10-13-16-19-22-25-26-27-28-31-33-36-39-42-45-48-54(59)53(51-58)57-55(60)50-52(47-44-41-38-35-32-29-23-20-17-14-11-8-5-2)62-56(61)49-46-43-40-37-34-30-24-21-18-15-12-9-6-3/h9,12,15,18,21,24,52-54,58-59H,4-8,10-11,13-14,16-17,19-20,22-23,25-51H2,1-3H3,(H,57,60)/b12-9+,18-15+,24-21-. The fraction of sp³-hybridized carbons (Fsp3) is 0.857. The van der Waals surface area contributed by atoms with Crippen molar-refractivity contribution in [3.05, 3.63) is 36.5 Å². The van der Waals surface area contributed by atoms with Crippen molar-refractivity contribution in [2.45, 2.75) is 302 Å². The van der Waals surface area contributed by atoms with E-state index in [0.717, 1.165) is 70.6 Å². The molecule has 0 fully saturated rings. The molecule has 0 aliphatic rings. The molecule has 0 rings (SSSR count). The first-order valence-corrected chi connectivity index (χ1v) is 27.2. The highest BCUT2D eigenvalue weighted by atomic mass is 16.5. The van der Waals surface area contributed by atoms with Gasteiger partial charge in [0.2, 0.25) is 5.91 Å². The number of unbranched alkanes of at least 4 members (excludes halogenated alkanes) is 33. The molecule has 0 saturated carbocycles. The fourth-order valence-electron chi connectivity index (χ4n) is 8.43. The minimum absolute atomic E-state index is 0.0734. The van der Waals surface area contributed by atoms with Crippen LogP contribution in [0.25, 0.3) is 0 Å². The highest BCUT2D eigenvalue weighted by molar-refractivity contribution is 5.77. The first-order chi connectivity index (χ1) is 30.5. The molecule has 0 spiro atoms. The van der Waals surface area contributed by atoms with E-state index in [4.69, 9.17) is 4.74 Å². The van der Waals surface area contributed by atoms with Gasteiger partial charge in [0.15, 0.2) is 0 Å². The van der Waals surface area contributed by atoms with Gasteiger partial charge in [-0.15, -0.1) is 0 Å². The van der Waals surface area contributed by atoms with Gasteiger partial charge in [0, 0.05) is 6.42 Å². The zero-order valence-corrected chi connectivity index (χ0v) is 41.5. The number of nitrogens with one attached hydrogen (secondary N) is 1. The number of rotatable bonds is 49. The molecular weight excluding hydrogens is 767 g/mol. The number of allylic oxidation sites excluding steroid dienone is 6. The van der Waals surface area contributed by atoms with Crippen molar-refractivity contribution in [2.24, 2.45) is 0 Å². The molecule has 364 valence electrons. The van der Waals surface area contributed by atoms with Crippen molar-refractivity contribution < 1.29 is 24.5 Å². The summed E-state index contributed by atoms with van der Waals surface area (Å²) >= 11 is 0. The number of aliphatic hydroxyl groups is 2. The topological polar surface area (TPSA) is 95.9 Å². The largest absolute Gasteiger partial charge is 0.462 e. The van der Waals surface area contributed by atoms with Crippen molar-refractivity contribution in [3.8, 4) is 0 Å². The average molecular weight is 872 g/mol. The Morgan fingerprint density at radius 1 is 0.484 bits per heavy atom. The zero-order valence-electron chi connectivity index (χ0n) is 41.5. The van der Waals surface area contributed by atoms with Crippen LogP contribution >= 0.6 is 0 Å². The quantitative estimate of drug-likeness (QED) is 0.0321. The lowest BCUT2D eigenvalue weighted by molar-refractivity contribution is -0.151. The highest BCUT2D eigenvalue weighted by Crippen LogP contribution is 2.19. The lowest BCUT2D eigenvalue weighted by atomic mass is 10.0. The molecular formula is C56H105NO5. The van der Waals surface area contributed by atoms with Crippen molar-refractivity contribution in [1.82, 2.24) is 5.32 Å². The van der Waals surface area contributed by atoms with Gasteiger partial charge in [-0.25, -0.2) is 0 Å². The van der Waals surface area contributed by atoms with Gasteiger partial charge in [0.05, 0.1) is 25.2 Å². The maximum Gasteiger partial charge on any atom is 0.306 e. The molecule has 6 nitrogen and oxygen atoms in total. The third kappa shape index (κ3) is 44.7. The molecule has 6 heteroatoms.